The van der Waals surface area contributed by atoms with E-state index in [2.05, 4.69) is 31.4 Å². The molecular formula is C21H16BrN5O2. The van der Waals surface area contributed by atoms with Gasteiger partial charge in [-0.25, -0.2) is 4.68 Å². The Morgan fingerprint density at radius 2 is 1.72 bits per heavy atom. The third-order valence-corrected chi connectivity index (χ3v) is 4.77. The highest BCUT2D eigenvalue weighted by Gasteiger charge is 2.13. The summed E-state index contributed by atoms with van der Waals surface area (Å²) in [6.45, 7) is 0.507. The fraction of sp³-hybridized carbons (Fsp3) is 0.0476. The lowest BCUT2D eigenvalue weighted by Crippen LogP contribution is -2.25. The second-order valence-corrected chi connectivity index (χ2v) is 7.17. The van der Waals surface area contributed by atoms with Crippen LogP contribution in [0.25, 0.3) is 5.69 Å². The van der Waals surface area contributed by atoms with Crippen molar-refractivity contribution in [1.29, 1.82) is 0 Å². The molecule has 4 aromatic rings. The Morgan fingerprint density at radius 1 is 0.966 bits per heavy atom. The van der Waals surface area contributed by atoms with E-state index in [0.29, 0.717) is 18.1 Å². The van der Waals surface area contributed by atoms with Crippen molar-refractivity contribution >= 4 is 27.7 Å². The zero-order chi connectivity index (χ0) is 20.2. The summed E-state index contributed by atoms with van der Waals surface area (Å²) in [6.07, 6.45) is 1.62. The van der Waals surface area contributed by atoms with Gasteiger partial charge in [0.05, 0.1) is 18.4 Å². The third kappa shape index (κ3) is 4.33. The molecule has 0 aliphatic heterocycles. The van der Waals surface area contributed by atoms with E-state index in [1.165, 1.54) is 16.8 Å². The summed E-state index contributed by atoms with van der Waals surface area (Å²) in [6, 6.07) is 21.3. The zero-order valence-corrected chi connectivity index (χ0v) is 16.8. The van der Waals surface area contributed by atoms with Gasteiger partial charge in [0.2, 0.25) is 0 Å². The van der Waals surface area contributed by atoms with Crippen LogP contribution in [0.3, 0.4) is 0 Å². The molecule has 2 heterocycles. The molecule has 0 saturated heterocycles. The summed E-state index contributed by atoms with van der Waals surface area (Å²) in [4.78, 5) is 24.9. The van der Waals surface area contributed by atoms with Crippen LogP contribution in [0.1, 0.15) is 16.1 Å². The molecule has 0 spiro atoms. The quantitative estimate of drug-likeness (QED) is 0.505. The number of carbonyl (C=O) groups excluding carboxylic acids is 1. The van der Waals surface area contributed by atoms with Crippen molar-refractivity contribution in [2.75, 3.05) is 5.32 Å². The molecular weight excluding hydrogens is 434 g/mol. The monoisotopic (exact) mass is 449 g/mol. The minimum Gasteiger partial charge on any atom is -0.305 e. The highest BCUT2D eigenvalue weighted by Crippen LogP contribution is 2.14. The van der Waals surface area contributed by atoms with Gasteiger partial charge in [-0.2, -0.15) is 14.9 Å². The highest BCUT2D eigenvalue weighted by atomic mass is 79.9. The van der Waals surface area contributed by atoms with E-state index < -0.39 is 5.91 Å². The van der Waals surface area contributed by atoms with Gasteiger partial charge in [-0.05, 0) is 35.9 Å². The van der Waals surface area contributed by atoms with Crippen LogP contribution in [0.2, 0.25) is 0 Å². The summed E-state index contributed by atoms with van der Waals surface area (Å²) in [7, 11) is 0. The van der Waals surface area contributed by atoms with Crippen LogP contribution in [0, 0.1) is 0 Å². The van der Waals surface area contributed by atoms with Crippen LogP contribution >= 0.6 is 15.9 Å². The number of halogens is 1. The van der Waals surface area contributed by atoms with Gasteiger partial charge in [0.1, 0.15) is 11.5 Å². The number of nitrogens with zero attached hydrogens (tertiary/aromatic N) is 4. The molecule has 4 rings (SSSR count). The molecule has 0 aliphatic rings. The minimum absolute atomic E-state index is 0.129. The van der Waals surface area contributed by atoms with Crippen LogP contribution in [-0.2, 0) is 6.54 Å². The summed E-state index contributed by atoms with van der Waals surface area (Å²) >= 11 is 3.41. The van der Waals surface area contributed by atoms with Crippen molar-refractivity contribution in [1.82, 2.24) is 19.6 Å². The first-order valence-electron chi connectivity index (χ1n) is 8.83. The van der Waals surface area contributed by atoms with Gasteiger partial charge in [0.15, 0.2) is 0 Å². The fourth-order valence-electron chi connectivity index (χ4n) is 2.79. The Kier molecular flexibility index (Phi) is 5.35. The largest absolute Gasteiger partial charge is 0.305 e. The van der Waals surface area contributed by atoms with Crippen LogP contribution in [-0.4, -0.2) is 25.5 Å². The zero-order valence-electron chi connectivity index (χ0n) is 15.2. The maximum Gasteiger partial charge on any atom is 0.277 e. The number of para-hydroxylation sites is 1. The van der Waals surface area contributed by atoms with Gasteiger partial charge < -0.3 is 5.32 Å². The lowest BCUT2D eigenvalue weighted by molar-refractivity contribution is 0.101. The molecule has 0 saturated carbocycles. The maximum atomic E-state index is 12.7. The standard InChI is InChI=1S/C21H16BrN5O2/c22-16-8-6-15(7-9-16)14-26-19(12-13-23-26)24-21(29)18-10-11-20(28)27(25-18)17-4-2-1-3-5-17/h1-13H,14H2,(H,24,29). The number of amides is 1. The number of benzene rings is 2. The van der Waals surface area contributed by atoms with Crippen molar-refractivity contribution in [2.45, 2.75) is 6.54 Å². The maximum absolute atomic E-state index is 12.7. The van der Waals surface area contributed by atoms with Crippen molar-refractivity contribution in [3.05, 3.63) is 105 Å². The van der Waals surface area contributed by atoms with Crippen LogP contribution < -0.4 is 10.9 Å². The summed E-state index contributed by atoms with van der Waals surface area (Å²) in [5.41, 5.74) is 1.45. The Morgan fingerprint density at radius 3 is 2.48 bits per heavy atom. The summed E-state index contributed by atoms with van der Waals surface area (Å²) < 4.78 is 3.89. The molecule has 1 N–H and O–H groups in total. The fourth-order valence-corrected chi connectivity index (χ4v) is 3.06. The van der Waals surface area contributed by atoms with Crippen molar-refractivity contribution in [2.24, 2.45) is 0 Å². The van der Waals surface area contributed by atoms with Gasteiger partial charge in [-0.1, -0.05) is 46.3 Å². The normalized spacial score (nSPS) is 10.7. The first-order valence-corrected chi connectivity index (χ1v) is 9.63. The molecule has 29 heavy (non-hydrogen) atoms. The molecule has 8 heteroatoms. The Labute approximate surface area is 174 Å². The predicted molar refractivity (Wildman–Crippen MR) is 113 cm³/mol. The lowest BCUT2D eigenvalue weighted by atomic mass is 10.2. The first-order chi connectivity index (χ1) is 14.1. The van der Waals surface area contributed by atoms with E-state index in [0.717, 1.165) is 10.0 Å². The van der Waals surface area contributed by atoms with E-state index in [1.54, 1.807) is 41.2 Å². The summed E-state index contributed by atoms with van der Waals surface area (Å²) in [5.74, 6) is 0.115. The number of carbonyl (C=O) groups is 1. The molecule has 0 radical (unpaired) electrons. The number of rotatable bonds is 5. The van der Waals surface area contributed by atoms with Crippen molar-refractivity contribution < 1.29 is 4.79 Å². The molecule has 1 amide bonds. The molecule has 144 valence electrons. The predicted octanol–water partition coefficient (Wildman–Crippen LogP) is 3.49. The summed E-state index contributed by atoms with van der Waals surface area (Å²) in [5, 5.41) is 11.3. The molecule has 7 nitrogen and oxygen atoms in total. The molecule has 0 atom stereocenters. The van der Waals surface area contributed by atoms with Gasteiger partial charge in [-0.3, -0.25) is 9.59 Å². The van der Waals surface area contributed by atoms with Crippen LogP contribution in [0.4, 0.5) is 5.82 Å². The van der Waals surface area contributed by atoms with Crippen molar-refractivity contribution in [3.63, 3.8) is 0 Å². The number of aromatic nitrogens is 4. The second-order valence-electron chi connectivity index (χ2n) is 6.26. The SMILES string of the molecule is O=C(Nc1ccnn1Cc1ccc(Br)cc1)c1ccc(=O)n(-c2ccccc2)n1. The first kappa shape index (κ1) is 18.8. The molecule has 2 aromatic carbocycles. The van der Waals surface area contributed by atoms with E-state index in [-0.39, 0.29) is 11.3 Å². The number of anilines is 1. The molecule has 0 aliphatic carbocycles. The van der Waals surface area contributed by atoms with E-state index in [4.69, 9.17) is 0 Å². The highest BCUT2D eigenvalue weighted by molar-refractivity contribution is 9.10. The Hall–Kier alpha value is -3.52. The third-order valence-electron chi connectivity index (χ3n) is 4.24. The molecule has 0 unspecified atom stereocenters. The number of nitrogens with one attached hydrogen (secondary N) is 1. The smallest absolute Gasteiger partial charge is 0.277 e. The van der Waals surface area contributed by atoms with E-state index in [1.807, 2.05) is 30.3 Å². The van der Waals surface area contributed by atoms with Gasteiger partial charge in [0.25, 0.3) is 11.5 Å². The van der Waals surface area contributed by atoms with Gasteiger partial charge in [-0.15, -0.1) is 0 Å². The molecule has 0 fully saturated rings. The second kappa shape index (κ2) is 8.24. The van der Waals surface area contributed by atoms with Gasteiger partial charge >= 0.3 is 0 Å². The topological polar surface area (TPSA) is 81.8 Å². The van der Waals surface area contributed by atoms with E-state index >= 15 is 0 Å². The minimum atomic E-state index is -0.424. The molecule has 2 aromatic heterocycles. The number of hydrogen-bond acceptors (Lipinski definition) is 4. The Balaban J connectivity index is 1.56. The number of hydrogen-bond donors (Lipinski definition) is 1. The average Bonchev–Trinajstić information content (AvgIpc) is 3.17. The van der Waals surface area contributed by atoms with Crippen LogP contribution in [0.5, 0.6) is 0 Å². The molecule has 0 bridgehead atoms. The Bertz CT molecular complexity index is 1200. The van der Waals surface area contributed by atoms with Crippen LogP contribution in [0.15, 0.2) is 88.3 Å². The lowest BCUT2D eigenvalue weighted by Gasteiger charge is -2.10. The van der Waals surface area contributed by atoms with Crippen molar-refractivity contribution in [3.8, 4) is 5.69 Å². The average molecular weight is 450 g/mol. The van der Waals surface area contributed by atoms with E-state index in [9.17, 15) is 9.59 Å². The van der Waals surface area contributed by atoms with Gasteiger partial charge in [0, 0.05) is 16.6 Å².